The average Bonchev–Trinajstić information content (AvgIpc) is 3.11. The summed E-state index contributed by atoms with van der Waals surface area (Å²) in [6.07, 6.45) is 1.04. The number of aryl methyl sites for hydroxylation is 1. The van der Waals surface area contributed by atoms with Crippen LogP contribution < -0.4 is 20.3 Å². The summed E-state index contributed by atoms with van der Waals surface area (Å²) in [5.74, 6) is 7.88. The first-order valence-electron chi connectivity index (χ1n) is 10.0. The minimum atomic E-state index is 0.273. The van der Waals surface area contributed by atoms with E-state index in [1.54, 1.807) is 11.9 Å². The zero-order valence-corrected chi connectivity index (χ0v) is 18.2. The molecule has 2 aromatic heterocycles. The third kappa shape index (κ3) is 4.92. The molecule has 0 saturated carbocycles. The summed E-state index contributed by atoms with van der Waals surface area (Å²) in [5.41, 5.74) is 7.52. The van der Waals surface area contributed by atoms with Crippen LogP contribution in [0, 0.1) is 18.8 Å². The second-order valence-electron chi connectivity index (χ2n) is 7.20. The molecule has 2 aliphatic heterocycles. The van der Waals surface area contributed by atoms with E-state index >= 15 is 0 Å². The van der Waals surface area contributed by atoms with Gasteiger partial charge in [-0.2, -0.15) is 4.98 Å². The topological polar surface area (TPSA) is 96.5 Å². The van der Waals surface area contributed by atoms with Crippen molar-refractivity contribution < 1.29 is 4.74 Å². The van der Waals surface area contributed by atoms with Gasteiger partial charge in [-0.1, -0.05) is 11.8 Å². The maximum absolute atomic E-state index is 5.62. The highest BCUT2D eigenvalue weighted by atomic mass is 32.2. The molecule has 0 aromatic carbocycles. The molecule has 1 saturated heterocycles. The number of likely N-dealkylation sites (N-methyl/N-ethyl adjacent to an activating group) is 1. The molecule has 2 aromatic rings. The minimum Gasteiger partial charge on any atom is -0.464 e. The summed E-state index contributed by atoms with van der Waals surface area (Å²) in [6, 6.07) is 3.99. The van der Waals surface area contributed by atoms with Crippen LogP contribution in [0.4, 0.5) is 11.8 Å². The molecule has 0 amide bonds. The molecular formula is C20H26N8OS. The van der Waals surface area contributed by atoms with Crippen LogP contribution in [0.2, 0.25) is 0 Å². The van der Waals surface area contributed by atoms with Crippen molar-refractivity contribution in [1.29, 1.82) is 0 Å². The predicted molar refractivity (Wildman–Crippen MR) is 118 cm³/mol. The van der Waals surface area contributed by atoms with Gasteiger partial charge in [-0.15, -0.1) is 10.2 Å². The first-order valence-corrected chi connectivity index (χ1v) is 10.8. The Bertz CT molecular complexity index is 952. The number of hydrogen-bond donors (Lipinski definition) is 1. The normalized spacial score (nSPS) is 16.2. The maximum Gasteiger partial charge on any atom is 0.228 e. The largest absolute Gasteiger partial charge is 0.464 e. The molecule has 4 rings (SSSR count). The van der Waals surface area contributed by atoms with E-state index in [1.165, 1.54) is 5.56 Å². The first-order chi connectivity index (χ1) is 14.6. The lowest BCUT2D eigenvalue weighted by molar-refractivity contribution is 0.353. The van der Waals surface area contributed by atoms with Gasteiger partial charge in [0, 0.05) is 57.1 Å². The Balaban J connectivity index is 1.34. The van der Waals surface area contributed by atoms with Crippen LogP contribution in [-0.2, 0) is 6.42 Å². The third-order valence-corrected chi connectivity index (χ3v) is 6.00. The number of aromatic nitrogens is 4. The van der Waals surface area contributed by atoms with Crippen molar-refractivity contribution in [2.45, 2.75) is 18.4 Å². The average molecular weight is 427 g/mol. The Morgan fingerprint density at radius 3 is 2.73 bits per heavy atom. The number of ether oxygens (including phenoxy) is 1. The maximum atomic E-state index is 5.62. The molecule has 2 aliphatic rings. The monoisotopic (exact) mass is 426 g/mol. The molecule has 30 heavy (non-hydrogen) atoms. The number of nitrogens with two attached hydrogens (primary N) is 1. The standard InChI is InChI=1S/C20H26N8OS/c1-15-13-17(29-12-4-3-6-21)23-20(22-15)27-8-10-28(11-9-27)30-18-14-16-5-7-26(2)19(16)25-24-18/h13-14H,5-12,21H2,1-2H3. The van der Waals surface area contributed by atoms with Crippen LogP contribution in [0.15, 0.2) is 17.2 Å². The summed E-state index contributed by atoms with van der Waals surface area (Å²) >= 11 is 1.67. The predicted octanol–water partition coefficient (Wildman–Crippen LogP) is 0.738. The van der Waals surface area contributed by atoms with Gasteiger partial charge in [0.2, 0.25) is 11.8 Å². The highest BCUT2D eigenvalue weighted by Gasteiger charge is 2.23. The fourth-order valence-corrected chi connectivity index (χ4v) is 4.31. The lowest BCUT2D eigenvalue weighted by Crippen LogP contribution is -2.44. The van der Waals surface area contributed by atoms with Crippen LogP contribution >= 0.6 is 11.9 Å². The second kappa shape index (κ2) is 9.47. The summed E-state index contributed by atoms with van der Waals surface area (Å²) in [5, 5.41) is 9.74. The fraction of sp³-hybridized carbons (Fsp3) is 0.500. The fourth-order valence-electron chi connectivity index (χ4n) is 3.43. The van der Waals surface area contributed by atoms with Crippen LogP contribution in [0.5, 0.6) is 5.88 Å². The second-order valence-corrected chi connectivity index (χ2v) is 8.32. The van der Waals surface area contributed by atoms with Gasteiger partial charge in [0.1, 0.15) is 5.03 Å². The van der Waals surface area contributed by atoms with E-state index in [4.69, 9.17) is 10.5 Å². The zero-order chi connectivity index (χ0) is 20.9. The highest BCUT2D eigenvalue weighted by molar-refractivity contribution is 7.97. The van der Waals surface area contributed by atoms with Gasteiger partial charge in [-0.3, -0.25) is 0 Å². The van der Waals surface area contributed by atoms with E-state index in [9.17, 15) is 0 Å². The Morgan fingerprint density at radius 2 is 1.93 bits per heavy atom. The molecule has 0 aliphatic carbocycles. The molecule has 2 N–H and O–H groups in total. The van der Waals surface area contributed by atoms with Crippen molar-refractivity contribution in [2.24, 2.45) is 5.73 Å². The molecule has 0 spiro atoms. The van der Waals surface area contributed by atoms with Gasteiger partial charge in [0.05, 0.1) is 6.54 Å². The summed E-state index contributed by atoms with van der Waals surface area (Å²) < 4.78 is 7.95. The van der Waals surface area contributed by atoms with E-state index in [0.29, 0.717) is 18.4 Å². The van der Waals surface area contributed by atoms with Crippen LogP contribution in [0.1, 0.15) is 11.3 Å². The van der Waals surface area contributed by atoms with Gasteiger partial charge < -0.3 is 20.3 Å². The Labute approximate surface area is 181 Å². The van der Waals surface area contributed by atoms with Gasteiger partial charge in [-0.25, -0.2) is 9.29 Å². The van der Waals surface area contributed by atoms with Gasteiger partial charge in [0.15, 0.2) is 12.4 Å². The molecule has 158 valence electrons. The van der Waals surface area contributed by atoms with E-state index < -0.39 is 0 Å². The number of hydrogen-bond acceptors (Lipinski definition) is 10. The van der Waals surface area contributed by atoms with E-state index in [-0.39, 0.29) is 6.61 Å². The van der Waals surface area contributed by atoms with Crippen molar-refractivity contribution in [3.63, 3.8) is 0 Å². The lowest BCUT2D eigenvalue weighted by Gasteiger charge is -2.33. The summed E-state index contributed by atoms with van der Waals surface area (Å²) in [4.78, 5) is 13.5. The van der Waals surface area contributed by atoms with Gasteiger partial charge >= 0.3 is 0 Å². The highest BCUT2D eigenvalue weighted by Crippen LogP contribution is 2.29. The first kappa shape index (κ1) is 20.7. The minimum absolute atomic E-state index is 0.273. The SMILES string of the molecule is Cc1cc(OCC#CCN)nc(N2CCN(Sc3cc4c(nn3)N(C)CC4)CC2)n1. The number of nitrogens with zero attached hydrogens (tertiary/aromatic N) is 7. The Morgan fingerprint density at radius 1 is 1.10 bits per heavy atom. The summed E-state index contributed by atoms with van der Waals surface area (Å²) in [6.45, 7) is 7.01. The van der Waals surface area contributed by atoms with Crippen molar-refractivity contribution in [2.75, 3.05) is 62.7 Å². The van der Waals surface area contributed by atoms with E-state index in [0.717, 1.165) is 55.7 Å². The number of rotatable bonds is 5. The van der Waals surface area contributed by atoms with Crippen LogP contribution in [0.3, 0.4) is 0 Å². The van der Waals surface area contributed by atoms with Crippen molar-refractivity contribution in [3.05, 3.63) is 23.4 Å². The third-order valence-electron chi connectivity index (χ3n) is 4.99. The molecule has 0 unspecified atom stereocenters. The number of piperazine rings is 1. The smallest absolute Gasteiger partial charge is 0.228 e. The van der Waals surface area contributed by atoms with Gasteiger partial charge in [-0.05, 0) is 31.4 Å². The molecule has 0 bridgehead atoms. The lowest BCUT2D eigenvalue weighted by atomic mass is 10.2. The van der Waals surface area contributed by atoms with E-state index in [1.807, 2.05) is 13.0 Å². The van der Waals surface area contributed by atoms with Gasteiger partial charge in [0.25, 0.3) is 0 Å². The Hall–Kier alpha value is -2.61. The summed E-state index contributed by atoms with van der Waals surface area (Å²) in [7, 11) is 2.06. The molecule has 9 nitrogen and oxygen atoms in total. The quantitative estimate of drug-likeness (QED) is 0.545. The number of fused-ring (bicyclic) bond motifs is 1. The van der Waals surface area contributed by atoms with Crippen LogP contribution in [0.25, 0.3) is 0 Å². The van der Waals surface area contributed by atoms with Crippen molar-refractivity contribution in [1.82, 2.24) is 24.5 Å². The molecule has 4 heterocycles. The van der Waals surface area contributed by atoms with Crippen molar-refractivity contribution in [3.8, 4) is 17.7 Å². The van der Waals surface area contributed by atoms with E-state index in [2.05, 4.69) is 59.2 Å². The molecule has 10 heteroatoms. The molecule has 1 fully saturated rings. The van der Waals surface area contributed by atoms with Crippen LogP contribution in [-0.4, -0.2) is 77.4 Å². The number of anilines is 2. The zero-order valence-electron chi connectivity index (χ0n) is 17.3. The molecule has 0 atom stereocenters. The molecule has 0 radical (unpaired) electrons. The Kier molecular flexibility index (Phi) is 6.52. The molecular weight excluding hydrogens is 400 g/mol. The van der Waals surface area contributed by atoms with Crippen molar-refractivity contribution >= 4 is 23.7 Å².